The van der Waals surface area contributed by atoms with E-state index in [9.17, 15) is 9.18 Å². The quantitative estimate of drug-likeness (QED) is 0.711. The molecule has 0 aliphatic carbocycles. The van der Waals surface area contributed by atoms with Gasteiger partial charge in [0.2, 0.25) is 0 Å². The molecule has 1 saturated heterocycles. The number of imidazole rings is 1. The summed E-state index contributed by atoms with van der Waals surface area (Å²) in [5.41, 5.74) is 0.968. The Kier molecular flexibility index (Phi) is 3.64. The molecule has 1 aliphatic rings. The maximum Gasteiger partial charge on any atom is 0.256 e. The molecule has 1 fully saturated rings. The van der Waals surface area contributed by atoms with Gasteiger partial charge in [-0.25, -0.2) is 9.37 Å². The summed E-state index contributed by atoms with van der Waals surface area (Å²) in [5.74, 6) is -0.696. The Morgan fingerprint density at radius 1 is 1.38 bits per heavy atom. The normalized spacial score (nSPS) is 21.3. The Balaban J connectivity index is 1.65. The van der Waals surface area contributed by atoms with Crippen LogP contribution in [-0.4, -0.2) is 33.3 Å². The number of thiazole rings is 1. The molecule has 4 rings (SSSR count). The number of hydrogen-bond donors (Lipinski definition) is 0. The largest absolute Gasteiger partial charge is 0.338 e. The van der Waals surface area contributed by atoms with Crippen molar-refractivity contribution in [3.8, 4) is 0 Å². The molecule has 3 aromatic rings. The predicted molar refractivity (Wildman–Crippen MR) is 92.0 cm³/mol. The van der Waals surface area contributed by atoms with Gasteiger partial charge in [0, 0.05) is 30.1 Å². The summed E-state index contributed by atoms with van der Waals surface area (Å²) >= 11 is 1.66. The number of halogens is 1. The first-order valence-electron chi connectivity index (χ1n) is 8.03. The maximum absolute atomic E-state index is 14.0. The van der Waals surface area contributed by atoms with Crippen molar-refractivity contribution in [3.05, 3.63) is 59.2 Å². The van der Waals surface area contributed by atoms with Crippen molar-refractivity contribution in [1.29, 1.82) is 0 Å². The third-order valence-corrected chi connectivity index (χ3v) is 5.69. The maximum atomic E-state index is 14.0. The first-order valence-corrected chi connectivity index (χ1v) is 8.91. The minimum absolute atomic E-state index is 0.146. The molecular weight excluding hydrogens is 325 g/mol. The number of rotatable bonds is 2. The number of aromatic nitrogens is 2. The Bertz CT molecular complexity index is 902. The average molecular weight is 343 g/mol. The van der Waals surface area contributed by atoms with Crippen molar-refractivity contribution in [2.24, 2.45) is 0 Å². The highest BCUT2D eigenvalue weighted by Crippen LogP contribution is 2.37. The number of carbonyl (C=O) groups is 1. The second-order valence-electron chi connectivity index (χ2n) is 6.58. The molecule has 3 heterocycles. The zero-order valence-electron chi connectivity index (χ0n) is 13.4. The minimum Gasteiger partial charge on any atom is -0.338 e. The van der Waals surface area contributed by atoms with Gasteiger partial charge in [0.15, 0.2) is 0 Å². The number of likely N-dealkylation sites (tertiary alicyclic amines) is 1. The summed E-state index contributed by atoms with van der Waals surface area (Å²) in [6.45, 7) is 3.37. The molecule has 0 spiro atoms. The highest BCUT2D eigenvalue weighted by molar-refractivity contribution is 7.15. The van der Waals surface area contributed by atoms with Gasteiger partial charge in [0.1, 0.15) is 17.0 Å². The lowest BCUT2D eigenvalue weighted by atomic mass is 9.79. The van der Waals surface area contributed by atoms with Gasteiger partial charge in [-0.2, -0.15) is 0 Å². The number of carbonyl (C=O) groups excluding carboxylic acids is 1. The number of piperidine rings is 1. The second kappa shape index (κ2) is 5.70. The lowest BCUT2D eigenvalue weighted by molar-refractivity contribution is 0.0644. The smallest absolute Gasteiger partial charge is 0.256 e. The molecule has 4 nitrogen and oxygen atoms in total. The van der Waals surface area contributed by atoms with Crippen LogP contribution in [0, 0.1) is 5.82 Å². The Morgan fingerprint density at radius 2 is 2.21 bits per heavy atom. The standard InChI is InChI=1S/C18H18FN3OS/c1-18(15-17-22(12-20-15)9-10-24-17)7-4-8-21(11-18)16(23)13-5-2-3-6-14(13)19/h2-3,5-6,9-10,12H,4,7-8,11H2,1H3/t18-/m1/s1. The molecule has 0 bridgehead atoms. The zero-order valence-corrected chi connectivity index (χ0v) is 14.2. The molecule has 24 heavy (non-hydrogen) atoms. The summed E-state index contributed by atoms with van der Waals surface area (Å²) in [7, 11) is 0. The van der Waals surface area contributed by atoms with Gasteiger partial charge in [0.05, 0.1) is 11.3 Å². The van der Waals surface area contributed by atoms with E-state index >= 15 is 0 Å². The number of fused-ring (bicyclic) bond motifs is 1. The van der Waals surface area contributed by atoms with Crippen molar-refractivity contribution in [3.63, 3.8) is 0 Å². The fourth-order valence-corrected chi connectivity index (χ4v) is 4.52. The number of nitrogens with zero attached hydrogens (tertiary/aromatic N) is 3. The molecular formula is C18H18FN3OS. The van der Waals surface area contributed by atoms with Crippen LogP contribution in [-0.2, 0) is 5.41 Å². The van der Waals surface area contributed by atoms with Gasteiger partial charge in [-0.1, -0.05) is 19.1 Å². The topological polar surface area (TPSA) is 37.6 Å². The molecule has 2 aromatic heterocycles. The molecule has 0 N–H and O–H groups in total. The highest BCUT2D eigenvalue weighted by atomic mass is 32.1. The lowest BCUT2D eigenvalue weighted by Crippen LogP contribution is -2.47. The first kappa shape index (κ1) is 15.3. The van der Waals surface area contributed by atoms with Crippen LogP contribution in [0.1, 0.15) is 35.8 Å². The Labute approximate surface area is 143 Å². The van der Waals surface area contributed by atoms with Crippen molar-refractivity contribution in [2.45, 2.75) is 25.2 Å². The van der Waals surface area contributed by atoms with E-state index in [2.05, 4.69) is 11.9 Å². The molecule has 0 unspecified atom stereocenters. The third-order valence-electron chi connectivity index (χ3n) is 4.81. The molecule has 1 aromatic carbocycles. The zero-order chi connectivity index (χ0) is 16.7. The third kappa shape index (κ3) is 2.41. The summed E-state index contributed by atoms with van der Waals surface area (Å²) < 4.78 is 16.0. The van der Waals surface area contributed by atoms with E-state index in [0.29, 0.717) is 13.1 Å². The Hall–Kier alpha value is -2.21. The van der Waals surface area contributed by atoms with Crippen LogP contribution in [0.4, 0.5) is 4.39 Å². The van der Waals surface area contributed by atoms with Crippen molar-refractivity contribution < 1.29 is 9.18 Å². The van der Waals surface area contributed by atoms with Crippen molar-refractivity contribution in [1.82, 2.24) is 14.3 Å². The second-order valence-corrected chi connectivity index (χ2v) is 7.47. The van der Waals surface area contributed by atoms with Crippen LogP contribution < -0.4 is 0 Å². The predicted octanol–water partition coefficient (Wildman–Crippen LogP) is 3.73. The van der Waals surface area contributed by atoms with Gasteiger partial charge >= 0.3 is 0 Å². The molecule has 1 aliphatic heterocycles. The van der Waals surface area contributed by atoms with E-state index in [-0.39, 0.29) is 16.9 Å². The van der Waals surface area contributed by atoms with E-state index in [1.807, 2.05) is 22.3 Å². The average Bonchev–Trinajstić information content (AvgIpc) is 3.18. The summed E-state index contributed by atoms with van der Waals surface area (Å²) in [5, 5.41) is 2.04. The van der Waals surface area contributed by atoms with E-state index in [1.165, 1.54) is 6.07 Å². The molecule has 0 radical (unpaired) electrons. The fraction of sp³-hybridized carbons (Fsp3) is 0.333. The van der Waals surface area contributed by atoms with Gasteiger partial charge in [-0.05, 0) is 25.0 Å². The van der Waals surface area contributed by atoms with E-state index in [1.54, 1.807) is 34.4 Å². The van der Waals surface area contributed by atoms with Gasteiger partial charge in [0.25, 0.3) is 5.91 Å². The molecule has 1 amide bonds. The molecule has 1 atom stereocenters. The van der Waals surface area contributed by atoms with Crippen LogP contribution >= 0.6 is 11.3 Å². The summed E-state index contributed by atoms with van der Waals surface area (Å²) in [6.07, 6.45) is 5.68. The Morgan fingerprint density at radius 3 is 3.04 bits per heavy atom. The van der Waals surface area contributed by atoms with Crippen LogP contribution in [0.15, 0.2) is 42.2 Å². The SMILES string of the molecule is C[C@@]1(c2ncn3ccsc23)CCCN(C(=O)c2ccccc2F)C1. The summed E-state index contributed by atoms with van der Waals surface area (Å²) in [6, 6.07) is 6.19. The lowest BCUT2D eigenvalue weighted by Gasteiger charge is -2.39. The van der Waals surface area contributed by atoms with E-state index < -0.39 is 5.82 Å². The van der Waals surface area contributed by atoms with Crippen LogP contribution in [0.3, 0.4) is 0 Å². The fourth-order valence-electron chi connectivity index (χ4n) is 3.56. The van der Waals surface area contributed by atoms with Crippen molar-refractivity contribution >= 4 is 22.1 Å². The van der Waals surface area contributed by atoms with Gasteiger partial charge in [-0.15, -0.1) is 11.3 Å². The van der Waals surface area contributed by atoms with Crippen LogP contribution in [0.5, 0.6) is 0 Å². The van der Waals surface area contributed by atoms with Crippen LogP contribution in [0.25, 0.3) is 4.83 Å². The van der Waals surface area contributed by atoms with Crippen molar-refractivity contribution in [2.75, 3.05) is 13.1 Å². The number of benzene rings is 1. The van der Waals surface area contributed by atoms with E-state index in [0.717, 1.165) is 23.4 Å². The summed E-state index contributed by atoms with van der Waals surface area (Å²) in [4.78, 5) is 20.2. The minimum atomic E-state index is -0.461. The first-order chi connectivity index (χ1) is 11.6. The van der Waals surface area contributed by atoms with Gasteiger partial charge < -0.3 is 4.90 Å². The number of hydrogen-bond acceptors (Lipinski definition) is 3. The number of amides is 1. The monoisotopic (exact) mass is 343 g/mol. The highest BCUT2D eigenvalue weighted by Gasteiger charge is 2.38. The van der Waals surface area contributed by atoms with Gasteiger partial charge in [-0.3, -0.25) is 9.20 Å². The molecule has 6 heteroatoms. The molecule has 0 saturated carbocycles. The molecule has 124 valence electrons. The van der Waals surface area contributed by atoms with Crippen LogP contribution in [0.2, 0.25) is 0 Å². The van der Waals surface area contributed by atoms with E-state index in [4.69, 9.17) is 0 Å².